The highest BCUT2D eigenvalue weighted by Crippen LogP contribution is 2.47. The lowest BCUT2D eigenvalue weighted by Gasteiger charge is -2.37. The first-order valence-electron chi connectivity index (χ1n) is 11.6. The van der Waals surface area contributed by atoms with Gasteiger partial charge in [0.1, 0.15) is 17.2 Å². The number of anilines is 1. The van der Waals surface area contributed by atoms with Gasteiger partial charge in [0.05, 0.1) is 11.5 Å². The molecule has 31 heavy (non-hydrogen) atoms. The van der Waals surface area contributed by atoms with E-state index in [-0.39, 0.29) is 12.1 Å². The molecule has 0 amide bonds. The van der Waals surface area contributed by atoms with E-state index in [1.165, 1.54) is 0 Å². The normalized spacial score (nSPS) is 28.9. The molecule has 0 radical (unpaired) electrons. The number of hydrogen-bond acceptors (Lipinski definition) is 7. The van der Waals surface area contributed by atoms with Gasteiger partial charge in [-0.1, -0.05) is 17.7 Å². The molecular formula is C24H31N5O2. The summed E-state index contributed by atoms with van der Waals surface area (Å²) in [6, 6.07) is 2.27. The lowest BCUT2D eigenvalue weighted by molar-refractivity contribution is -0.127. The summed E-state index contributed by atoms with van der Waals surface area (Å²) < 4.78 is 5.88. The van der Waals surface area contributed by atoms with Gasteiger partial charge < -0.3 is 14.7 Å². The number of nitrogens with one attached hydrogen (secondary N) is 1. The number of carbonyl (C=O) groups is 1. The molecule has 1 saturated carbocycles. The zero-order valence-corrected chi connectivity index (χ0v) is 18.3. The second kappa shape index (κ2) is 8.19. The summed E-state index contributed by atoms with van der Waals surface area (Å²) in [6.45, 7) is 8.04. The molecule has 2 aromatic rings. The summed E-state index contributed by atoms with van der Waals surface area (Å²) in [5.41, 5.74) is 2.24. The number of carbonyl (C=O) groups excluding carboxylic acids is 1. The number of rotatable bonds is 3. The fraction of sp³-hybridized carbons (Fsp3) is 0.583. The van der Waals surface area contributed by atoms with Gasteiger partial charge in [0, 0.05) is 30.8 Å². The Morgan fingerprint density at radius 1 is 1.26 bits per heavy atom. The molecule has 164 valence electrons. The van der Waals surface area contributed by atoms with Crippen molar-refractivity contribution in [3.63, 3.8) is 0 Å². The Hall–Kier alpha value is -2.54. The molecule has 3 aliphatic rings. The smallest absolute Gasteiger partial charge is 0.226 e. The Morgan fingerprint density at radius 3 is 2.97 bits per heavy atom. The molecule has 1 spiro atoms. The van der Waals surface area contributed by atoms with Crippen molar-refractivity contribution in [1.29, 1.82) is 0 Å². The van der Waals surface area contributed by atoms with E-state index >= 15 is 0 Å². The van der Waals surface area contributed by atoms with Crippen molar-refractivity contribution >= 4 is 11.7 Å². The number of aromatic nitrogens is 3. The van der Waals surface area contributed by atoms with Crippen molar-refractivity contribution in [2.75, 3.05) is 18.0 Å². The van der Waals surface area contributed by atoms with Crippen molar-refractivity contribution in [2.24, 2.45) is 0 Å². The van der Waals surface area contributed by atoms with Crippen LogP contribution >= 0.6 is 0 Å². The molecule has 2 aromatic heterocycles. The number of ketones is 1. The van der Waals surface area contributed by atoms with Crippen molar-refractivity contribution in [3.8, 4) is 11.5 Å². The lowest BCUT2D eigenvalue weighted by atomic mass is 9.64. The number of Topliss-reactive ketones (excluding diaryl/α,β-unsaturated/α-hetero) is 1. The van der Waals surface area contributed by atoms with E-state index in [0.717, 1.165) is 75.0 Å². The average Bonchev–Trinajstić information content (AvgIpc) is 3.14. The fourth-order valence-electron chi connectivity index (χ4n) is 5.71. The topological polar surface area (TPSA) is 84.1 Å². The quantitative estimate of drug-likeness (QED) is 0.758. The van der Waals surface area contributed by atoms with Crippen LogP contribution in [0.2, 0.25) is 0 Å². The van der Waals surface area contributed by atoms with Crippen molar-refractivity contribution < 1.29 is 9.32 Å². The van der Waals surface area contributed by atoms with Gasteiger partial charge in [-0.25, -0.2) is 9.97 Å². The van der Waals surface area contributed by atoms with Gasteiger partial charge in [-0.2, -0.15) is 0 Å². The van der Waals surface area contributed by atoms with Gasteiger partial charge in [0.25, 0.3) is 0 Å². The highest BCUT2D eigenvalue weighted by molar-refractivity contribution is 5.91. The van der Waals surface area contributed by atoms with Gasteiger partial charge in [-0.3, -0.25) is 4.79 Å². The molecular weight excluding hydrogens is 390 g/mol. The van der Waals surface area contributed by atoms with Gasteiger partial charge in [0.2, 0.25) is 5.95 Å². The monoisotopic (exact) mass is 421 g/mol. The molecule has 2 aliphatic carbocycles. The van der Waals surface area contributed by atoms with E-state index in [2.05, 4.69) is 33.9 Å². The molecule has 0 unspecified atom stereocenters. The molecule has 3 atom stereocenters. The van der Waals surface area contributed by atoms with E-state index in [1.54, 1.807) is 6.20 Å². The third-order valence-electron chi connectivity index (χ3n) is 7.35. The zero-order chi connectivity index (χ0) is 21.4. The maximum Gasteiger partial charge on any atom is 0.226 e. The minimum atomic E-state index is -0.441. The predicted molar refractivity (Wildman–Crippen MR) is 119 cm³/mol. The molecule has 1 saturated heterocycles. The van der Waals surface area contributed by atoms with Crippen LogP contribution in [0.1, 0.15) is 63.1 Å². The lowest BCUT2D eigenvalue weighted by Crippen LogP contribution is -2.45. The number of fused-ring (bicyclic) bond motifs is 2. The Bertz CT molecular complexity index is 986. The Labute approximate surface area is 183 Å². The highest BCUT2D eigenvalue weighted by atomic mass is 16.5. The molecule has 7 heteroatoms. The van der Waals surface area contributed by atoms with E-state index < -0.39 is 5.41 Å². The highest BCUT2D eigenvalue weighted by Gasteiger charge is 2.47. The summed E-state index contributed by atoms with van der Waals surface area (Å²) in [4.78, 5) is 24.6. The van der Waals surface area contributed by atoms with Crippen LogP contribution in [0.5, 0.6) is 0 Å². The van der Waals surface area contributed by atoms with Gasteiger partial charge in [0.15, 0.2) is 5.76 Å². The van der Waals surface area contributed by atoms with Crippen LogP contribution in [-0.4, -0.2) is 46.1 Å². The SMILES string of the molecule is C=C[C@H]1[C@H](C)NCCCN1c1nccc(-c2onc3c2CCC[C@@]32CCCCC2=O)n1. The van der Waals surface area contributed by atoms with E-state index in [1.807, 2.05) is 12.1 Å². The molecule has 0 aromatic carbocycles. The van der Waals surface area contributed by atoms with Crippen LogP contribution in [0.15, 0.2) is 29.4 Å². The molecule has 1 aliphatic heterocycles. The maximum absolute atomic E-state index is 12.9. The number of hydrogen-bond donors (Lipinski definition) is 1. The van der Waals surface area contributed by atoms with Crippen LogP contribution in [0, 0.1) is 0 Å². The van der Waals surface area contributed by atoms with Crippen LogP contribution in [0.25, 0.3) is 11.5 Å². The number of nitrogens with zero attached hydrogens (tertiary/aromatic N) is 4. The summed E-state index contributed by atoms with van der Waals surface area (Å²) in [5, 5.41) is 8.00. The van der Waals surface area contributed by atoms with E-state index in [4.69, 9.17) is 9.51 Å². The van der Waals surface area contributed by atoms with Crippen LogP contribution in [-0.2, 0) is 16.6 Å². The molecule has 5 rings (SSSR count). The third-order valence-corrected chi connectivity index (χ3v) is 7.35. The van der Waals surface area contributed by atoms with E-state index in [9.17, 15) is 4.79 Å². The van der Waals surface area contributed by atoms with Crippen molar-refractivity contribution in [2.45, 2.75) is 75.8 Å². The van der Waals surface area contributed by atoms with Crippen molar-refractivity contribution in [3.05, 3.63) is 36.2 Å². The molecule has 0 bridgehead atoms. The van der Waals surface area contributed by atoms with E-state index in [0.29, 0.717) is 23.9 Å². The minimum absolute atomic E-state index is 0.115. The van der Waals surface area contributed by atoms with Gasteiger partial charge in [-0.15, -0.1) is 6.58 Å². The standard InChI is InChI=1S/C24H31N5O2/c1-3-19-16(2)25-13-7-15-29(19)23-26-14-10-18(27-23)21-17-8-6-12-24(22(17)28-31-21)11-5-4-9-20(24)30/h3,10,14,16,19,25H,1,4-9,11-13,15H2,2H3/t16-,19-,24+/m0/s1. The first-order valence-corrected chi connectivity index (χ1v) is 11.6. The Morgan fingerprint density at radius 2 is 2.13 bits per heavy atom. The molecule has 1 N–H and O–H groups in total. The minimum Gasteiger partial charge on any atom is -0.354 e. The summed E-state index contributed by atoms with van der Waals surface area (Å²) >= 11 is 0. The summed E-state index contributed by atoms with van der Waals surface area (Å²) in [6.07, 6.45) is 11.1. The first-order chi connectivity index (χ1) is 15.1. The fourth-order valence-corrected chi connectivity index (χ4v) is 5.71. The van der Waals surface area contributed by atoms with Crippen molar-refractivity contribution in [1.82, 2.24) is 20.4 Å². The van der Waals surface area contributed by atoms with Gasteiger partial charge in [-0.05, 0) is 58.1 Å². The summed E-state index contributed by atoms with van der Waals surface area (Å²) in [5.74, 6) is 1.72. The zero-order valence-electron chi connectivity index (χ0n) is 18.3. The first kappa shape index (κ1) is 20.4. The molecule has 2 fully saturated rings. The Balaban J connectivity index is 1.52. The average molecular weight is 422 g/mol. The largest absolute Gasteiger partial charge is 0.354 e. The van der Waals surface area contributed by atoms with Crippen LogP contribution in [0.4, 0.5) is 5.95 Å². The Kier molecular flexibility index (Phi) is 5.38. The second-order valence-electron chi connectivity index (χ2n) is 9.16. The maximum atomic E-state index is 12.9. The molecule has 7 nitrogen and oxygen atoms in total. The second-order valence-corrected chi connectivity index (χ2v) is 9.16. The van der Waals surface area contributed by atoms with Crippen LogP contribution in [0.3, 0.4) is 0 Å². The van der Waals surface area contributed by atoms with Gasteiger partial charge >= 0.3 is 0 Å². The summed E-state index contributed by atoms with van der Waals surface area (Å²) in [7, 11) is 0. The third kappa shape index (κ3) is 3.39. The predicted octanol–water partition coefficient (Wildman–Crippen LogP) is 3.59. The van der Waals surface area contributed by atoms with Crippen LogP contribution < -0.4 is 10.2 Å². The molecule has 3 heterocycles.